The predicted octanol–water partition coefficient (Wildman–Crippen LogP) is 2.76. The van der Waals surface area contributed by atoms with E-state index in [1.54, 1.807) is 19.1 Å². The van der Waals surface area contributed by atoms with Gasteiger partial charge in [0.2, 0.25) is 0 Å². The van der Waals surface area contributed by atoms with E-state index in [-0.39, 0.29) is 11.3 Å². The lowest BCUT2D eigenvalue weighted by Crippen LogP contribution is -2.02. The molecule has 0 atom stereocenters. The number of aromatic hydroxyl groups is 1. The SMILES string of the molecule is CCCn1c(C)c(C(=O)O)c2cc(O)ccc21. The van der Waals surface area contributed by atoms with Crippen LogP contribution in [0.1, 0.15) is 29.4 Å². The molecule has 0 aliphatic rings. The maximum absolute atomic E-state index is 11.3. The lowest BCUT2D eigenvalue weighted by Gasteiger charge is -2.05. The third-order valence-electron chi connectivity index (χ3n) is 2.97. The first-order valence-electron chi connectivity index (χ1n) is 5.61. The number of hydrogen-bond donors (Lipinski definition) is 2. The van der Waals surface area contributed by atoms with Crippen LogP contribution in [0.15, 0.2) is 18.2 Å². The van der Waals surface area contributed by atoms with Crippen LogP contribution in [0.2, 0.25) is 0 Å². The van der Waals surface area contributed by atoms with Crippen molar-refractivity contribution in [2.24, 2.45) is 0 Å². The fourth-order valence-electron chi connectivity index (χ4n) is 2.25. The van der Waals surface area contributed by atoms with Crippen LogP contribution in [0.4, 0.5) is 0 Å². The molecule has 0 aliphatic heterocycles. The molecule has 0 saturated heterocycles. The Labute approximate surface area is 99.1 Å². The van der Waals surface area contributed by atoms with Crippen LogP contribution in [-0.4, -0.2) is 20.7 Å². The first-order valence-corrected chi connectivity index (χ1v) is 5.61. The van der Waals surface area contributed by atoms with E-state index < -0.39 is 5.97 Å². The van der Waals surface area contributed by atoms with Crippen molar-refractivity contribution in [2.45, 2.75) is 26.8 Å². The van der Waals surface area contributed by atoms with Crippen molar-refractivity contribution in [2.75, 3.05) is 0 Å². The van der Waals surface area contributed by atoms with Crippen LogP contribution in [0.5, 0.6) is 5.75 Å². The number of nitrogens with zero attached hydrogens (tertiary/aromatic N) is 1. The van der Waals surface area contributed by atoms with Crippen molar-refractivity contribution in [1.29, 1.82) is 0 Å². The molecule has 0 bridgehead atoms. The van der Waals surface area contributed by atoms with Gasteiger partial charge in [-0.3, -0.25) is 0 Å². The molecule has 90 valence electrons. The van der Waals surface area contributed by atoms with Gasteiger partial charge < -0.3 is 14.8 Å². The summed E-state index contributed by atoms with van der Waals surface area (Å²) in [4.78, 5) is 11.3. The number of phenols is 1. The molecule has 0 spiro atoms. The van der Waals surface area contributed by atoms with E-state index in [2.05, 4.69) is 0 Å². The van der Waals surface area contributed by atoms with E-state index in [1.807, 2.05) is 11.5 Å². The summed E-state index contributed by atoms with van der Waals surface area (Å²) < 4.78 is 1.98. The van der Waals surface area contributed by atoms with Crippen LogP contribution in [0.25, 0.3) is 10.9 Å². The summed E-state index contributed by atoms with van der Waals surface area (Å²) in [5, 5.41) is 19.3. The highest BCUT2D eigenvalue weighted by Gasteiger charge is 2.19. The summed E-state index contributed by atoms with van der Waals surface area (Å²) in [6.07, 6.45) is 0.935. The Morgan fingerprint density at radius 3 is 2.71 bits per heavy atom. The van der Waals surface area contributed by atoms with Gasteiger partial charge >= 0.3 is 5.97 Å². The van der Waals surface area contributed by atoms with Gasteiger partial charge in [-0.1, -0.05) is 6.92 Å². The smallest absolute Gasteiger partial charge is 0.338 e. The highest BCUT2D eigenvalue weighted by Crippen LogP contribution is 2.29. The highest BCUT2D eigenvalue weighted by atomic mass is 16.4. The number of rotatable bonds is 3. The molecule has 0 amide bonds. The summed E-state index contributed by atoms with van der Waals surface area (Å²) in [6.45, 7) is 4.63. The van der Waals surface area contributed by atoms with Crippen molar-refractivity contribution in [1.82, 2.24) is 4.57 Å². The molecule has 1 heterocycles. The average molecular weight is 233 g/mol. The number of aromatic carboxylic acids is 1. The van der Waals surface area contributed by atoms with E-state index in [0.29, 0.717) is 5.39 Å². The monoisotopic (exact) mass is 233 g/mol. The molecule has 2 rings (SSSR count). The highest BCUT2D eigenvalue weighted by molar-refractivity contribution is 6.05. The number of phenolic OH excluding ortho intramolecular Hbond substituents is 1. The lowest BCUT2D eigenvalue weighted by atomic mass is 10.1. The van der Waals surface area contributed by atoms with Gasteiger partial charge in [-0.05, 0) is 31.5 Å². The molecule has 1 aromatic heterocycles. The first kappa shape index (κ1) is 11.5. The largest absolute Gasteiger partial charge is 0.508 e. The Morgan fingerprint density at radius 1 is 1.41 bits per heavy atom. The Kier molecular flexibility index (Phi) is 2.79. The molecule has 2 N–H and O–H groups in total. The first-order chi connectivity index (χ1) is 8.06. The number of aromatic nitrogens is 1. The Morgan fingerprint density at radius 2 is 2.12 bits per heavy atom. The molecule has 0 saturated carbocycles. The number of aryl methyl sites for hydroxylation is 1. The number of carboxylic acids is 1. The molecule has 4 nitrogen and oxygen atoms in total. The van der Waals surface area contributed by atoms with Crippen LogP contribution in [0, 0.1) is 6.92 Å². The van der Waals surface area contributed by atoms with Crippen molar-refractivity contribution >= 4 is 16.9 Å². The van der Waals surface area contributed by atoms with Crippen LogP contribution in [-0.2, 0) is 6.54 Å². The molecule has 17 heavy (non-hydrogen) atoms. The molecular weight excluding hydrogens is 218 g/mol. The van der Waals surface area contributed by atoms with E-state index in [1.165, 1.54) is 6.07 Å². The second-order valence-electron chi connectivity index (χ2n) is 4.12. The summed E-state index contributed by atoms with van der Waals surface area (Å²) >= 11 is 0. The van der Waals surface area contributed by atoms with Crippen molar-refractivity contribution < 1.29 is 15.0 Å². The summed E-state index contributed by atoms with van der Waals surface area (Å²) in [5.41, 5.74) is 1.88. The van der Waals surface area contributed by atoms with Gasteiger partial charge in [-0.15, -0.1) is 0 Å². The van der Waals surface area contributed by atoms with Crippen molar-refractivity contribution in [3.63, 3.8) is 0 Å². The second kappa shape index (κ2) is 4.13. The minimum Gasteiger partial charge on any atom is -0.508 e. The molecule has 0 radical (unpaired) electrons. The third-order valence-corrected chi connectivity index (χ3v) is 2.97. The van der Waals surface area contributed by atoms with Gasteiger partial charge in [-0.2, -0.15) is 0 Å². The van der Waals surface area contributed by atoms with Crippen molar-refractivity contribution in [3.8, 4) is 5.75 Å². The van der Waals surface area contributed by atoms with Crippen LogP contribution < -0.4 is 0 Å². The summed E-state index contributed by atoms with van der Waals surface area (Å²) in [7, 11) is 0. The molecule has 0 aliphatic carbocycles. The summed E-state index contributed by atoms with van der Waals surface area (Å²) in [5.74, 6) is -0.860. The van der Waals surface area contributed by atoms with E-state index in [0.717, 1.165) is 24.2 Å². The third kappa shape index (κ3) is 1.75. The fraction of sp³-hybridized carbons (Fsp3) is 0.308. The van der Waals surface area contributed by atoms with Gasteiger partial charge in [0.15, 0.2) is 0 Å². The minimum atomic E-state index is -0.951. The molecule has 2 aromatic rings. The minimum absolute atomic E-state index is 0.0913. The van der Waals surface area contributed by atoms with Gasteiger partial charge in [-0.25, -0.2) is 4.79 Å². The average Bonchev–Trinajstić information content (AvgIpc) is 2.52. The molecule has 4 heteroatoms. The van der Waals surface area contributed by atoms with Crippen molar-refractivity contribution in [3.05, 3.63) is 29.5 Å². The van der Waals surface area contributed by atoms with Gasteiger partial charge in [0, 0.05) is 23.1 Å². The zero-order chi connectivity index (χ0) is 12.6. The quantitative estimate of drug-likeness (QED) is 0.856. The number of carbonyl (C=O) groups is 1. The number of fused-ring (bicyclic) bond motifs is 1. The predicted molar refractivity (Wildman–Crippen MR) is 65.6 cm³/mol. The van der Waals surface area contributed by atoms with Crippen LogP contribution in [0.3, 0.4) is 0 Å². The van der Waals surface area contributed by atoms with Gasteiger partial charge in [0.25, 0.3) is 0 Å². The maximum Gasteiger partial charge on any atom is 0.338 e. The number of hydrogen-bond acceptors (Lipinski definition) is 2. The Bertz CT molecular complexity index is 584. The Balaban J connectivity index is 2.83. The maximum atomic E-state index is 11.3. The molecule has 0 fully saturated rings. The number of benzene rings is 1. The molecular formula is C13H15NO3. The molecule has 0 unspecified atom stereocenters. The summed E-state index contributed by atoms with van der Waals surface area (Å²) in [6, 6.07) is 4.86. The van der Waals surface area contributed by atoms with Gasteiger partial charge in [0.05, 0.1) is 5.56 Å². The standard InChI is InChI=1S/C13H15NO3/c1-3-6-14-8(2)12(13(16)17)10-7-9(15)4-5-11(10)14/h4-5,7,15H,3,6H2,1-2H3,(H,16,17). The molecule has 1 aromatic carbocycles. The Hall–Kier alpha value is -1.97. The number of carboxylic acid groups (broad SMARTS) is 1. The van der Waals surface area contributed by atoms with Gasteiger partial charge in [0.1, 0.15) is 5.75 Å². The van der Waals surface area contributed by atoms with E-state index >= 15 is 0 Å². The normalized spacial score (nSPS) is 10.9. The zero-order valence-corrected chi connectivity index (χ0v) is 9.90. The van der Waals surface area contributed by atoms with E-state index in [9.17, 15) is 15.0 Å². The lowest BCUT2D eigenvalue weighted by molar-refractivity contribution is 0.0698. The zero-order valence-electron chi connectivity index (χ0n) is 9.90. The second-order valence-corrected chi connectivity index (χ2v) is 4.12. The van der Waals surface area contributed by atoms with Crippen LogP contribution >= 0.6 is 0 Å². The topological polar surface area (TPSA) is 62.5 Å². The fourth-order valence-corrected chi connectivity index (χ4v) is 2.25. The van der Waals surface area contributed by atoms with E-state index in [4.69, 9.17) is 0 Å².